The van der Waals surface area contributed by atoms with Gasteiger partial charge in [0.15, 0.2) is 11.9 Å². The standard InChI is InChI=1S/C15H18N/c1-16-13-6-5-11-15(16)12-7-10-14-8-3-2-4-9-14/h2-6,8-9,11,13H,7,10,12H2,1H3/q+1. The Hall–Kier alpha value is -1.63. The number of rotatable bonds is 4. The summed E-state index contributed by atoms with van der Waals surface area (Å²) in [6, 6.07) is 17.1. The van der Waals surface area contributed by atoms with Gasteiger partial charge in [-0.1, -0.05) is 36.4 Å². The average molecular weight is 212 g/mol. The summed E-state index contributed by atoms with van der Waals surface area (Å²) < 4.78 is 2.20. The number of nitrogens with zero attached hydrogens (tertiary/aromatic N) is 1. The molecule has 2 rings (SSSR count). The van der Waals surface area contributed by atoms with E-state index in [0.717, 1.165) is 12.8 Å². The summed E-state index contributed by atoms with van der Waals surface area (Å²) in [6.07, 6.45) is 5.63. The summed E-state index contributed by atoms with van der Waals surface area (Å²) in [6.45, 7) is 0. The minimum atomic E-state index is 1.15. The van der Waals surface area contributed by atoms with Crippen LogP contribution < -0.4 is 4.57 Å². The van der Waals surface area contributed by atoms with E-state index in [1.165, 1.54) is 17.7 Å². The molecule has 0 bridgehead atoms. The van der Waals surface area contributed by atoms with Crippen molar-refractivity contribution in [3.63, 3.8) is 0 Å². The van der Waals surface area contributed by atoms with E-state index < -0.39 is 0 Å². The van der Waals surface area contributed by atoms with Gasteiger partial charge in [-0.25, -0.2) is 4.57 Å². The molecule has 0 N–H and O–H groups in total. The Labute approximate surface area is 97.4 Å². The first-order valence-electron chi connectivity index (χ1n) is 5.84. The van der Waals surface area contributed by atoms with E-state index in [-0.39, 0.29) is 0 Å². The zero-order valence-electron chi connectivity index (χ0n) is 9.76. The predicted octanol–water partition coefficient (Wildman–Crippen LogP) is 2.69. The number of benzene rings is 1. The Kier molecular flexibility index (Phi) is 3.71. The lowest BCUT2D eigenvalue weighted by atomic mass is 10.1. The van der Waals surface area contributed by atoms with E-state index in [2.05, 4.69) is 66.3 Å². The molecule has 1 aromatic heterocycles. The summed E-state index contributed by atoms with van der Waals surface area (Å²) in [4.78, 5) is 0. The maximum Gasteiger partial charge on any atom is 0.181 e. The Bertz CT molecular complexity index is 434. The summed E-state index contributed by atoms with van der Waals surface area (Å²) in [5.74, 6) is 0. The number of hydrogen-bond donors (Lipinski definition) is 0. The van der Waals surface area contributed by atoms with Crippen LogP contribution in [0.5, 0.6) is 0 Å². The van der Waals surface area contributed by atoms with Gasteiger partial charge < -0.3 is 0 Å². The highest BCUT2D eigenvalue weighted by molar-refractivity contribution is 5.14. The van der Waals surface area contributed by atoms with Gasteiger partial charge in [0.05, 0.1) is 0 Å². The van der Waals surface area contributed by atoms with Crippen LogP contribution in [0.4, 0.5) is 0 Å². The largest absolute Gasteiger partial charge is 0.205 e. The quantitative estimate of drug-likeness (QED) is 0.686. The number of pyridine rings is 1. The molecule has 0 fully saturated rings. The lowest BCUT2D eigenvalue weighted by Gasteiger charge is -2.01. The van der Waals surface area contributed by atoms with Gasteiger partial charge in [0.25, 0.3) is 0 Å². The van der Waals surface area contributed by atoms with Gasteiger partial charge in [-0.3, -0.25) is 0 Å². The first-order chi connectivity index (χ1) is 7.86. The van der Waals surface area contributed by atoms with Gasteiger partial charge in [0.1, 0.15) is 7.05 Å². The van der Waals surface area contributed by atoms with E-state index in [0.29, 0.717) is 0 Å². The van der Waals surface area contributed by atoms with E-state index in [4.69, 9.17) is 0 Å². The molecule has 0 aliphatic heterocycles. The number of aromatic nitrogens is 1. The van der Waals surface area contributed by atoms with E-state index >= 15 is 0 Å². The second kappa shape index (κ2) is 5.45. The van der Waals surface area contributed by atoms with Crippen LogP contribution >= 0.6 is 0 Å². The summed E-state index contributed by atoms with van der Waals surface area (Å²) in [7, 11) is 2.11. The molecule has 0 saturated heterocycles. The highest BCUT2D eigenvalue weighted by atomic mass is 14.9. The predicted molar refractivity (Wildman–Crippen MR) is 66.1 cm³/mol. The second-order valence-corrected chi connectivity index (χ2v) is 4.14. The van der Waals surface area contributed by atoms with Gasteiger partial charge in [0.2, 0.25) is 0 Å². The van der Waals surface area contributed by atoms with Gasteiger partial charge in [-0.15, -0.1) is 0 Å². The molecule has 0 aliphatic carbocycles. The molecule has 0 saturated carbocycles. The molecule has 1 heterocycles. The van der Waals surface area contributed by atoms with Crippen molar-refractivity contribution < 1.29 is 4.57 Å². The lowest BCUT2D eigenvalue weighted by molar-refractivity contribution is -0.679. The van der Waals surface area contributed by atoms with Crippen molar-refractivity contribution >= 4 is 0 Å². The zero-order chi connectivity index (χ0) is 11.2. The molecule has 0 aliphatic rings. The number of hydrogen-bond acceptors (Lipinski definition) is 0. The molecule has 1 heteroatoms. The first-order valence-corrected chi connectivity index (χ1v) is 5.84. The molecule has 0 atom stereocenters. The van der Waals surface area contributed by atoms with Gasteiger partial charge in [-0.2, -0.15) is 0 Å². The maximum atomic E-state index is 2.20. The lowest BCUT2D eigenvalue weighted by Crippen LogP contribution is -2.32. The Morgan fingerprint density at radius 1 is 0.875 bits per heavy atom. The van der Waals surface area contributed by atoms with Crippen molar-refractivity contribution in [2.75, 3.05) is 0 Å². The van der Waals surface area contributed by atoms with Gasteiger partial charge in [0, 0.05) is 18.6 Å². The zero-order valence-corrected chi connectivity index (χ0v) is 9.76. The van der Waals surface area contributed by atoms with Crippen LogP contribution in [-0.2, 0) is 19.9 Å². The topological polar surface area (TPSA) is 3.88 Å². The molecule has 16 heavy (non-hydrogen) atoms. The third-order valence-electron chi connectivity index (χ3n) is 2.90. The van der Waals surface area contributed by atoms with E-state index in [9.17, 15) is 0 Å². The normalized spacial score (nSPS) is 10.3. The average Bonchev–Trinajstić information content (AvgIpc) is 2.33. The Morgan fingerprint density at radius 3 is 2.38 bits per heavy atom. The third kappa shape index (κ3) is 2.93. The highest BCUT2D eigenvalue weighted by Crippen LogP contribution is 2.05. The van der Waals surface area contributed by atoms with Crippen LogP contribution in [0.1, 0.15) is 17.7 Å². The van der Waals surface area contributed by atoms with Gasteiger partial charge in [-0.05, 0) is 18.4 Å². The molecule has 0 spiro atoms. The monoisotopic (exact) mass is 212 g/mol. The summed E-state index contributed by atoms with van der Waals surface area (Å²) in [5, 5.41) is 0. The van der Waals surface area contributed by atoms with Crippen LogP contribution in [0.3, 0.4) is 0 Å². The maximum absolute atomic E-state index is 2.20. The van der Waals surface area contributed by atoms with E-state index in [1.54, 1.807) is 0 Å². The second-order valence-electron chi connectivity index (χ2n) is 4.14. The smallest absolute Gasteiger partial charge is 0.181 e. The van der Waals surface area contributed by atoms with Crippen molar-refractivity contribution in [1.82, 2.24) is 0 Å². The molecule has 0 unspecified atom stereocenters. The third-order valence-corrected chi connectivity index (χ3v) is 2.90. The summed E-state index contributed by atoms with van der Waals surface area (Å²) in [5.41, 5.74) is 2.83. The molecule has 2 aromatic rings. The molecule has 1 nitrogen and oxygen atoms in total. The number of aryl methyl sites for hydroxylation is 3. The van der Waals surface area contributed by atoms with Crippen LogP contribution in [-0.4, -0.2) is 0 Å². The fourth-order valence-electron chi connectivity index (χ4n) is 1.94. The Balaban J connectivity index is 1.87. The SMILES string of the molecule is C[n+]1ccccc1CCCc1ccccc1. The molecule has 82 valence electrons. The van der Waals surface area contributed by atoms with Crippen LogP contribution in [0, 0.1) is 0 Å². The van der Waals surface area contributed by atoms with Crippen LogP contribution in [0.2, 0.25) is 0 Å². The van der Waals surface area contributed by atoms with Crippen LogP contribution in [0.25, 0.3) is 0 Å². The van der Waals surface area contributed by atoms with Crippen molar-refractivity contribution in [1.29, 1.82) is 0 Å². The van der Waals surface area contributed by atoms with Crippen molar-refractivity contribution in [2.45, 2.75) is 19.3 Å². The minimum Gasteiger partial charge on any atom is -0.205 e. The fourth-order valence-corrected chi connectivity index (χ4v) is 1.94. The van der Waals surface area contributed by atoms with Gasteiger partial charge >= 0.3 is 0 Å². The molecule has 0 amide bonds. The van der Waals surface area contributed by atoms with Crippen molar-refractivity contribution in [3.8, 4) is 0 Å². The molecular formula is C15H18N+. The highest BCUT2D eigenvalue weighted by Gasteiger charge is 2.03. The van der Waals surface area contributed by atoms with Crippen molar-refractivity contribution in [3.05, 3.63) is 66.0 Å². The van der Waals surface area contributed by atoms with Crippen molar-refractivity contribution in [2.24, 2.45) is 7.05 Å². The minimum absolute atomic E-state index is 1.15. The molecule has 1 aromatic carbocycles. The Morgan fingerprint density at radius 2 is 1.62 bits per heavy atom. The molecular weight excluding hydrogens is 194 g/mol. The van der Waals surface area contributed by atoms with E-state index in [1.807, 2.05) is 0 Å². The van der Waals surface area contributed by atoms with Crippen LogP contribution in [0.15, 0.2) is 54.7 Å². The fraction of sp³-hybridized carbons (Fsp3) is 0.267. The molecule has 0 radical (unpaired) electrons. The summed E-state index contributed by atoms with van der Waals surface area (Å²) >= 11 is 0. The first kappa shape index (κ1) is 10.9.